The Balaban J connectivity index is 1.98. The standard InChI is InChI=1S/C21H23ClN2O/c1-14(2)12-24-21(25)11-17(15-7-3-5-9-19(15)22)18-13-23-20-10-6-4-8-16(18)20/h3-10,13-14,17,23H,11-12H2,1-2H3,(H,24,25)/t17-/m0/s1. The fourth-order valence-corrected chi connectivity index (χ4v) is 3.37. The molecule has 0 saturated carbocycles. The van der Waals surface area contributed by atoms with Crippen LogP contribution in [0, 0.1) is 5.92 Å². The van der Waals surface area contributed by atoms with Crippen LogP contribution in [0.2, 0.25) is 5.02 Å². The zero-order valence-corrected chi connectivity index (χ0v) is 15.3. The Hall–Kier alpha value is -2.26. The van der Waals surface area contributed by atoms with Crippen LogP contribution in [0.4, 0.5) is 0 Å². The molecule has 0 radical (unpaired) electrons. The number of benzene rings is 2. The number of hydrogen-bond donors (Lipinski definition) is 2. The normalized spacial score (nSPS) is 12.5. The molecule has 0 aliphatic rings. The Morgan fingerprint density at radius 3 is 2.56 bits per heavy atom. The van der Waals surface area contributed by atoms with Crippen LogP contribution in [0.3, 0.4) is 0 Å². The lowest BCUT2D eigenvalue weighted by atomic mass is 9.88. The minimum absolute atomic E-state index is 0.0453. The highest BCUT2D eigenvalue weighted by Gasteiger charge is 2.23. The summed E-state index contributed by atoms with van der Waals surface area (Å²) in [5, 5.41) is 4.84. The third kappa shape index (κ3) is 4.05. The topological polar surface area (TPSA) is 44.9 Å². The summed E-state index contributed by atoms with van der Waals surface area (Å²) in [5.74, 6) is 0.386. The number of amides is 1. The summed E-state index contributed by atoms with van der Waals surface area (Å²) in [7, 11) is 0. The molecule has 3 nitrogen and oxygen atoms in total. The van der Waals surface area contributed by atoms with Crippen molar-refractivity contribution < 1.29 is 4.79 Å². The SMILES string of the molecule is CC(C)CNC(=O)C[C@@H](c1ccccc1Cl)c1c[nH]c2ccccc12. The molecular formula is C21H23ClN2O. The molecular weight excluding hydrogens is 332 g/mol. The molecule has 1 aromatic heterocycles. The van der Waals surface area contributed by atoms with Gasteiger partial charge < -0.3 is 10.3 Å². The summed E-state index contributed by atoms with van der Waals surface area (Å²) in [5.41, 5.74) is 3.15. The minimum atomic E-state index is -0.0861. The van der Waals surface area contributed by atoms with Gasteiger partial charge in [0.1, 0.15) is 0 Å². The maximum absolute atomic E-state index is 12.5. The number of carbonyl (C=O) groups is 1. The first-order chi connectivity index (χ1) is 12.1. The zero-order valence-electron chi connectivity index (χ0n) is 14.6. The molecule has 3 rings (SSSR count). The molecule has 2 N–H and O–H groups in total. The molecule has 0 fully saturated rings. The van der Waals surface area contributed by atoms with E-state index in [4.69, 9.17) is 11.6 Å². The van der Waals surface area contributed by atoms with Gasteiger partial charge in [-0.05, 0) is 29.2 Å². The van der Waals surface area contributed by atoms with Crippen molar-refractivity contribution in [2.24, 2.45) is 5.92 Å². The molecule has 130 valence electrons. The number of aromatic amines is 1. The van der Waals surface area contributed by atoms with Gasteiger partial charge in [-0.1, -0.05) is 61.8 Å². The fourth-order valence-electron chi connectivity index (χ4n) is 3.10. The second kappa shape index (κ2) is 7.75. The molecule has 3 aromatic rings. The number of H-pyrrole nitrogens is 1. The lowest BCUT2D eigenvalue weighted by Crippen LogP contribution is -2.28. The van der Waals surface area contributed by atoms with Crippen molar-refractivity contribution in [3.05, 3.63) is 70.9 Å². The molecule has 0 saturated heterocycles. The van der Waals surface area contributed by atoms with Gasteiger partial charge in [-0.25, -0.2) is 0 Å². The number of nitrogens with one attached hydrogen (secondary N) is 2. The second-order valence-electron chi connectivity index (χ2n) is 6.77. The fraction of sp³-hybridized carbons (Fsp3) is 0.286. The van der Waals surface area contributed by atoms with Crippen molar-refractivity contribution in [3.63, 3.8) is 0 Å². The number of halogens is 1. The molecule has 0 bridgehead atoms. The number of hydrogen-bond acceptors (Lipinski definition) is 1. The van der Waals surface area contributed by atoms with Gasteiger partial charge in [0.15, 0.2) is 0 Å². The second-order valence-corrected chi connectivity index (χ2v) is 7.17. The Labute approximate surface area is 153 Å². The lowest BCUT2D eigenvalue weighted by Gasteiger charge is -2.19. The quantitative estimate of drug-likeness (QED) is 0.634. The summed E-state index contributed by atoms with van der Waals surface area (Å²) in [6.07, 6.45) is 2.37. The van der Waals surface area contributed by atoms with Crippen molar-refractivity contribution in [2.45, 2.75) is 26.2 Å². The van der Waals surface area contributed by atoms with E-state index in [1.807, 2.05) is 48.7 Å². The van der Waals surface area contributed by atoms with E-state index >= 15 is 0 Å². The molecule has 25 heavy (non-hydrogen) atoms. The Bertz CT molecular complexity index is 869. The summed E-state index contributed by atoms with van der Waals surface area (Å²) in [4.78, 5) is 15.8. The number of para-hydroxylation sites is 1. The molecule has 0 aliphatic carbocycles. The average molecular weight is 355 g/mol. The molecule has 2 aromatic carbocycles. The van der Waals surface area contributed by atoms with Crippen LogP contribution in [0.1, 0.15) is 37.3 Å². The first-order valence-corrected chi connectivity index (χ1v) is 9.01. The van der Waals surface area contributed by atoms with Gasteiger partial charge in [-0.3, -0.25) is 4.79 Å². The maximum atomic E-state index is 12.5. The smallest absolute Gasteiger partial charge is 0.220 e. The third-order valence-electron chi connectivity index (χ3n) is 4.37. The van der Waals surface area contributed by atoms with E-state index in [2.05, 4.69) is 30.2 Å². The predicted octanol–water partition coefficient (Wildman–Crippen LogP) is 5.12. The molecule has 1 atom stereocenters. The zero-order chi connectivity index (χ0) is 17.8. The van der Waals surface area contributed by atoms with Crippen LogP contribution < -0.4 is 5.32 Å². The van der Waals surface area contributed by atoms with E-state index in [-0.39, 0.29) is 11.8 Å². The number of fused-ring (bicyclic) bond motifs is 1. The lowest BCUT2D eigenvalue weighted by molar-refractivity contribution is -0.121. The van der Waals surface area contributed by atoms with Crippen molar-refractivity contribution in [1.82, 2.24) is 10.3 Å². The van der Waals surface area contributed by atoms with E-state index in [0.29, 0.717) is 23.9 Å². The van der Waals surface area contributed by atoms with Gasteiger partial charge in [-0.2, -0.15) is 0 Å². The highest BCUT2D eigenvalue weighted by Crippen LogP contribution is 2.36. The molecule has 0 unspecified atom stereocenters. The van der Waals surface area contributed by atoms with Crippen LogP contribution >= 0.6 is 11.6 Å². The molecule has 1 amide bonds. The van der Waals surface area contributed by atoms with E-state index in [1.165, 1.54) is 0 Å². The van der Waals surface area contributed by atoms with E-state index in [1.54, 1.807) is 0 Å². The van der Waals surface area contributed by atoms with Crippen LogP contribution in [0.5, 0.6) is 0 Å². The molecule has 4 heteroatoms. The van der Waals surface area contributed by atoms with Crippen molar-refractivity contribution >= 4 is 28.4 Å². The first-order valence-electron chi connectivity index (χ1n) is 8.63. The number of rotatable bonds is 6. The minimum Gasteiger partial charge on any atom is -0.361 e. The number of carbonyl (C=O) groups excluding carboxylic acids is 1. The van der Waals surface area contributed by atoms with Gasteiger partial charge >= 0.3 is 0 Å². The average Bonchev–Trinajstić information content (AvgIpc) is 3.02. The van der Waals surface area contributed by atoms with Crippen LogP contribution in [0.25, 0.3) is 10.9 Å². The first kappa shape index (κ1) is 17.6. The van der Waals surface area contributed by atoms with Crippen molar-refractivity contribution in [3.8, 4) is 0 Å². The summed E-state index contributed by atoms with van der Waals surface area (Å²) >= 11 is 6.46. The third-order valence-corrected chi connectivity index (χ3v) is 4.72. The predicted molar refractivity (Wildman–Crippen MR) is 104 cm³/mol. The monoisotopic (exact) mass is 354 g/mol. The summed E-state index contributed by atoms with van der Waals surface area (Å²) in [6, 6.07) is 15.9. The van der Waals surface area contributed by atoms with Crippen LogP contribution in [-0.4, -0.2) is 17.4 Å². The van der Waals surface area contributed by atoms with Gasteiger partial charge in [0, 0.05) is 41.0 Å². The van der Waals surface area contributed by atoms with E-state index in [0.717, 1.165) is 22.0 Å². The summed E-state index contributed by atoms with van der Waals surface area (Å²) < 4.78 is 0. The molecule has 1 heterocycles. The largest absolute Gasteiger partial charge is 0.361 e. The summed E-state index contributed by atoms with van der Waals surface area (Å²) in [6.45, 7) is 4.86. The van der Waals surface area contributed by atoms with E-state index < -0.39 is 0 Å². The van der Waals surface area contributed by atoms with Gasteiger partial charge in [0.25, 0.3) is 0 Å². The Morgan fingerprint density at radius 1 is 1.08 bits per heavy atom. The molecule has 0 aliphatic heterocycles. The van der Waals surface area contributed by atoms with Crippen molar-refractivity contribution in [1.29, 1.82) is 0 Å². The maximum Gasteiger partial charge on any atom is 0.220 e. The molecule has 0 spiro atoms. The van der Waals surface area contributed by atoms with Gasteiger partial charge in [0.05, 0.1) is 0 Å². The van der Waals surface area contributed by atoms with Gasteiger partial charge in [-0.15, -0.1) is 0 Å². The van der Waals surface area contributed by atoms with Crippen LogP contribution in [-0.2, 0) is 4.79 Å². The highest BCUT2D eigenvalue weighted by atomic mass is 35.5. The van der Waals surface area contributed by atoms with E-state index in [9.17, 15) is 4.79 Å². The van der Waals surface area contributed by atoms with Crippen LogP contribution in [0.15, 0.2) is 54.7 Å². The Kier molecular flexibility index (Phi) is 5.44. The van der Waals surface area contributed by atoms with Gasteiger partial charge in [0.2, 0.25) is 5.91 Å². The number of aromatic nitrogens is 1. The highest BCUT2D eigenvalue weighted by molar-refractivity contribution is 6.31. The van der Waals surface area contributed by atoms with Crippen molar-refractivity contribution in [2.75, 3.05) is 6.54 Å². The Morgan fingerprint density at radius 2 is 1.80 bits per heavy atom.